The molecule has 0 spiro atoms. The summed E-state index contributed by atoms with van der Waals surface area (Å²) in [6, 6.07) is 0.808. The average Bonchev–Trinajstić information content (AvgIpc) is 2.34. The highest BCUT2D eigenvalue weighted by Crippen LogP contribution is 2.64. The smallest absolute Gasteiger partial charge is 0.362 e. The fourth-order valence-electron chi connectivity index (χ4n) is 1.46. The van der Waals surface area contributed by atoms with Gasteiger partial charge in [-0.2, -0.15) is 9.97 Å². The van der Waals surface area contributed by atoms with E-state index in [2.05, 4.69) is 24.3 Å². The minimum Gasteiger partial charge on any atom is -0.493 e. The average molecular weight is 357 g/mol. The third-order valence-electron chi connectivity index (χ3n) is 2.20. The molecular formula is C9H17N3O8P2. The van der Waals surface area contributed by atoms with Crippen molar-refractivity contribution in [2.24, 2.45) is 0 Å². The van der Waals surface area contributed by atoms with Gasteiger partial charge in [-0.3, -0.25) is 9.13 Å². The molecule has 0 fully saturated rings. The van der Waals surface area contributed by atoms with Gasteiger partial charge >= 0.3 is 15.2 Å². The van der Waals surface area contributed by atoms with Crippen LogP contribution in [0.25, 0.3) is 0 Å². The van der Waals surface area contributed by atoms with Gasteiger partial charge in [0.15, 0.2) is 0 Å². The first-order valence-electron chi connectivity index (χ1n) is 6.10. The van der Waals surface area contributed by atoms with Crippen LogP contribution in [0.5, 0.6) is 11.8 Å². The first kappa shape index (κ1) is 18.8. The van der Waals surface area contributed by atoms with Crippen LogP contribution in [-0.2, 0) is 18.2 Å². The second-order valence-electron chi connectivity index (χ2n) is 3.89. The van der Waals surface area contributed by atoms with E-state index in [-0.39, 0.29) is 13.2 Å². The molecule has 0 saturated carbocycles. The summed E-state index contributed by atoms with van der Waals surface area (Å²) in [7, 11) is -9.28. The highest BCUT2D eigenvalue weighted by atomic mass is 31.2. The predicted octanol–water partition coefficient (Wildman–Crippen LogP) is 1.03. The van der Waals surface area contributed by atoms with Crippen molar-refractivity contribution in [3.05, 3.63) is 6.07 Å². The zero-order valence-electron chi connectivity index (χ0n) is 11.8. The number of nitrogens with zero attached hydrogens (tertiary/aromatic N) is 2. The Morgan fingerprint density at radius 2 is 1.50 bits per heavy atom. The second kappa shape index (κ2) is 7.36. The van der Waals surface area contributed by atoms with Gasteiger partial charge in [0.1, 0.15) is 0 Å². The van der Waals surface area contributed by atoms with Gasteiger partial charge in [0.05, 0.1) is 19.3 Å². The quantitative estimate of drug-likeness (QED) is 0.421. The summed E-state index contributed by atoms with van der Waals surface area (Å²) < 4.78 is 33.4. The van der Waals surface area contributed by atoms with E-state index in [1.165, 1.54) is 13.8 Å². The van der Waals surface area contributed by atoms with Crippen LogP contribution in [0.3, 0.4) is 0 Å². The summed E-state index contributed by atoms with van der Waals surface area (Å²) in [5.41, 5.74) is -2.10. The Labute approximate surface area is 126 Å². The Morgan fingerprint density at radius 3 is 1.86 bits per heavy atom. The second-order valence-corrected chi connectivity index (χ2v) is 8.10. The van der Waals surface area contributed by atoms with Crippen molar-refractivity contribution in [2.75, 3.05) is 18.5 Å². The normalized spacial score (nSPS) is 18.2. The highest BCUT2D eigenvalue weighted by Gasteiger charge is 2.48. The molecule has 5 N–H and O–H groups in total. The lowest BCUT2D eigenvalue weighted by atomic mass is 10.6. The number of aromatic nitrogens is 2. The molecule has 0 amide bonds. The summed E-state index contributed by atoms with van der Waals surface area (Å²) in [6.45, 7) is 2.42. The Hall–Kier alpha value is -1.22. The molecule has 22 heavy (non-hydrogen) atoms. The largest absolute Gasteiger partial charge is 0.493 e. The first-order valence-corrected chi connectivity index (χ1v) is 9.39. The van der Waals surface area contributed by atoms with Crippen LogP contribution in [0, 0.1) is 0 Å². The minimum atomic E-state index is -4.64. The molecule has 1 rings (SSSR count). The monoisotopic (exact) mass is 357 g/mol. The summed E-state index contributed by atoms with van der Waals surface area (Å²) in [4.78, 5) is 26.5. The third-order valence-corrected chi connectivity index (χ3v) is 6.71. The van der Waals surface area contributed by atoms with E-state index in [1.807, 2.05) is 0 Å². The van der Waals surface area contributed by atoms with Crippen molar-refractivity contribution in [3.8, 4) is 11.8 Å². The number of rotatable bonds is 8. The molecule has 2 atom stereocenters. The van der Waals surface area contributed by atoms with Crippen LogP contribution in [0.1, 0.15) is 13.8 Å². The van der Waals surface area contributed by atoms with Crippen LogP contribution in [-0.4, -0.2) is 48.7 Å². The maximum absolute atomic E-state index is 12.1. The van der Waals surface area contributed by atoms with E-state index < -0.39 is 38.4 Å². The minimum absolute atomic E-state index is 0.204. The van der Waals surface area contributed by atoms with Gasteiger partial charge in [-0.15, -0.1) is 0 Å². The molecule has 0 aromatic carbocycles. The molecule has 2 unspecified atom stereocenters. The van der Waals surface area contributed by atoms with Gasteiger partial charge in [0.25, 0.3) is 0 Å². The Kier molecular flexibility index (Phi) is 6.30. The molecule has 1 heterocycles. The number of nitrogens with one attached hydrogen (secondary N) is 1. The molecule has 126 valence electrons. The summed E-state index contributed by atoms with van der Waals surface area (Å²) in [6.07, 6.45) is 0. The number of anilines is 1. The molecule has 0 saturated heterocycles. The number of aromatic hydroxyl groups is 2. The van der Waals surface area contributed by atoms with E-state index in [0.29, 0.717) is 0 Å². The van der Waals surface area contributed by atoms with Crippen molar-refractivity contribution in [2.45, 2.75) is 19.4 Å². The van der Waals surface area contributed by atoms with Gasteiger partial charge in [0, 0.05) is 0 Å². The van der Waals surface area contributed by atoms with E-state index in [0.717, 1.165) is 6.07 Å². The molecule has 1 aromatic heterocycles. The van der Waals surface area contributed by atoms with Gasteiger partial charge < -0.3 is 34.4 Å². The zero-order chi connectivity index (χ0) is 17.0. The van der Waals surface area contributed by atoms with Crippen LogP contribution < -0.4 is 5.32 Å². The van der Waals surface area contributed by atoms with Crippen LogP contribution >= 0.6 is 15.2 Å². The van der Waals surface area contributed by atoms with Crippen LogP contribution in [0.2, 0.25) is 0 Å². The van der Waals surface area contributed by atoms with E-state index in [4.69, 9.17) is 0 Å². The molecule has 0 aliphatic rings. The van der Waals surface area contributed by atoms with Gasteiger partial charge in [-0.05, 0) is 13.8 Å². The predicted molar refractivity (Wildman–Crippen MR) is 75.7 cm³/mol. The summed E-state index contributed by atoms with van der Waals surface area (Å²) >= 11 is 0. The molecule has 0 aliphatic carbocycles. The Balaban J connectivity index is 3.21. The number of hydrogen-bond donors (Lipinski definition) is 5. The summed E-state index contributed by atoms with van der Waals surface area (Å²) in [5, 5.41) is 20.6. The summed E-state index contributed by atoms with van der Waals surface area (Å²) in [5.74, 6) is -1.85. The third kappa shape index (κ3) is 4.91. The lowest BCUT2D eigenvalue weighted by molar-refractivity contribution is 0.250. The molecular weight excluding hydrogens is 340 g/mol. The maximum atomic E-state index is 12.1. The van der Waals surface area contributed by atoms with Crippen molar-refractivity contribution < 1.29 is 38.2 Å². The van der Waals surface area contributed by atoms with Crippen molar-refractivity contribution in [1.82, 2.24) is 9.97 Å². The van der Waals surface area contributed by atoms with Crippen molar-refractivity contribution >= 4 is 21.1 Å². The topological polar surface area (TPSA) is 171 Å². The first-order chi connectivity index (χ1) is 10.1. The van der Waals surface area contributed by atoms with E-state index in [9.17, 15) is 29.1 Å². The van der Waals surface area contributed by atoms with Gasteiger partial charge in [-0.25, -0.2) is 0 Å². The van der Waals surface area contributed by atoms with Crippen LogP contribution in [0.4, 0.5) is 5.95 Å². The molecule has 0 aliphatic heterocycles. The zero-order valence-corrected chi connectivity index (χ0v) is 13.6. The standard InChI is InChI=1S/C9H17N3O8P2/c1-3-19-21(15,16)9(22(17,18)20-4-2)12-8-10-6(13)5-7(14)11-8/h5,9H,3-4H2,1-2H3,(H,15,16)(H,17,18)(H3,10,11,12,13,14). The van der Waals surface area contributed by atoms with Crippen molar-refractivity contribution in [1.29, 1.82) is 0 Å². The lowest BCUT2D eigenvalue weighted by Crippen LogP contribution is -2.23. The fourth-order valence-corrected chi connectivity index (χ4v) is 4.92. The Bertz CT molecular complexity index is 566. The highest BCUT2D eigenvalue weighted by molar-refractivity contribution is 7.72. The lowest BCUT2D eigenvalue weighted by Gasteiger charge is -2.26. The maximum Gasteiger partial charge on any atom is 0.362 e. The van der Waals surface area contributed by atoms with Crippen LogP contribution in [0.15, 0.2) is 6.07 Å². The fraction of sp³-hybridized carbons (Fsp3) is 0.556. The SMILES string of the molecule is CCOP(=O)(O)C(Nc1nc(O)cc(O)n1)P(=O)(O)OCC. The Morgan fingerprint density at radius 1 is 1.09 bits per heavy atom. The van der Waals surface area contributed by atoms with E-state index >= 15 is 0 Å². The molecule has 0 radical (unpaired) electrons. The van der Waals surface area contributed by atoms with E-state index in [1.54, 1.807) is 0 Å². The van der Waals surface area contributed by atoms with Crippen molar-refractivity contribution in [3.63, 3.8) is 0 Å². The number of hydrogen-bond acceptors (Lipinski definition) is 9. The molecule has 1 aromatic rings. The molecule has 13 heteroatoms. The molecule has 11 nitrogen and oxygen atoms in total. The van der Waals surface area contributed by atoms with Gasteiger partial charge in [-0.1, -0.05) is 0 Å². The molecule has 0 bridgehead atoms. The van der Waals surface area contributed by atoms with Gasteiger partial charge in [0.2, 0.25) is 23.2 Å².